The Labute approximate surface area is 284 Å². The number of aryl methyl sites for hydroxylation is 2. The normalized spacial score (nSPS) is 10.4. The molecule has 6 nitrogen and oxygen atoms in total. The monoisotopic (exact) mass is 638 g/mol. The second kappa shape index (κ2) is 18.5. The third-order valence-corrected chi connectivity index (χ3v) is 7.28. The van der Waals surface area contributed by atoms with Gasteiger partial charge in [0.15, 0.2) is 0 Å². The highest BCUT2D eigenvalue weighted by molar-refractivity contribution is 5.86. The molecule has 0 aliphatic rings. The molecular formula is C42H42N2O4. The molecule has 0 radical (unpaired) electrons. The van der Waals surface area contributed by atoms with Crippen molar-refractivity contribution >= 4 is 17.3 Å². The van der Waals surface area contributed by atoms with Crippen molar-refractivity contribution in [1.29, 1.82) is 0 Å². The van der Waals surface area contributed by atoms with Crippen molar-refractivity contribution in [3.63, 3.8) is 0 Å². The number of carbonyl (C=O) groups excluding carboxylic acids is 1. The lowest BCUT2D eigenvalue weighted by Gasteiger charge is -2.07. The SMILES string of the molecule is C=C(C)C(=O)OCCCCCCOc1ccc(C#Cc2ccc(C#Cc3ccc(N=Nc4ccc(OCC)cc4)c(C)c3)cc2C)cc1. The van der Waals surface area contributed by atoms with Crippen LogP contribution in [0.1, 0.15) is 72.9 Å². The van der Waals surface area contributed by atoms with Gasteiger partial charge in [0.05, 0.1) is 31.2 Å². The predicted molar refractivity (Wildman–Crippen MR) is 192 cm³/mol. The van der Waals surface area contributed by atoms with Gasteiger partial charge in [-0.2, -0.15) is 10.2 Å². The first kappa shape index (κ1) is 35.3. The van der Waals surface area contributed by atoms with Gasteiger partial charge in [-0.3, -0.25) is 0 Å². The van der Waals surface area contributed by atoms with Gasteiger partial charge < -0.3 is 14.2 Å². The van der Waals surface area contributed by atoms with E-state index >= 15 is 0 Å². The largest absolute Gasteiger partial charge is 0.494 e. The number of azo groups is 1. The molecule has 0 unspecified atom stereocenters. The number of benzene rings is 4. The van der Waals surface area contributed by atoms with E-state index < -0.39 is 0 Å². The molecule has 0 bridgehead atoms. The Morgan fingerprint density at radius 1 is 0.667 bits per heavy atom. The molecule has 0 aliphatic carbocycles. The number of rotatable bonds is 13. The summed E-state index contributed by atoms with van der Waals surface area (Å²) < 4.78 is 16.5. The summed E-state index contributed by atoms with van der Waals surface area (Å²) in [5.41, 5.74) is 7.83. The molecule has 0 aliphatic heterocycles. The van der Waals surface area contributed by atoms with Gasteiger partial charge in [0.25, 0.3) is 0 Å². The summed E-state index contributed by atoms with van der Waals surface area (Å²) >= 11 is 0. The fourth-order valence-electron chi connectivity index (χ4n) is 4.57. The van der Waals surface area contributed by atoms with Crippen LogP contribution >= 0.6 is 0 Å². The van der Waals surface area contributed by atoms with Crippen LogP contribution in [0, 0.1) is 37.5 Å². The molecular weight excluding hydrogens is 596 g/mol. The molecule has 0 heterocycles. The zero-order valence-electron chi connectivity index (χ0n) is 28.3. The molecule has 0 spiro atoms. The molecule has 4 aromatic carbocycles. The van der Waals surface area contributed by atoms with Gasteiger partial charge >= 0.3 is 5.97 Å². The van der Waals surface area contributed by atoms with Crippen LogP contribution in [0.15, 0.2) is 107 Å². The zero-order valence-corrected chi connectivity index (χ0v) is 28.3. The molecule has 0 saturated carbocycles. The van der Waals surface area contributed by atoms with E-state index in [1.165, 1.54) is 0 Å². The summed E-state index contributed by atoms with van der Waals surface area (Å²) in [6.45, 7) is 13.0. The summed E-state index contributed by atoms with van der Waals surface area (Å²) in [5, 5.41) is 8.77. The molecule has 0 atom stereocenters. The molecule has 4 aromatic rings. The van der Waals surface area contributed by atoms with Crippen molar-refractivity contribution in [2.75, 3.05) is 19.8 Å². The highest BCUT2D eigenvalue weighted by atomic mass is 16.5. The minimum Gasteiger partial charge on any atom is -0.494 e. The van der Waals surface area contributed by atoms with Gasteiger partial charge in [0.2, 0.25) is 0 Å². The Bertz CT molecular complexity index is 1850. The van der Waals surface area contributed by atoms with Gasteiger partial charge in [-0.05, 0) is 149 Å². The lowest BCUT2D eigenvalue weighted by Crippen LogP contribution is -2.06. The number of carbonyl (C=O) groups is 1. The van der Waals surface area contributed by atoms with Crippen LogP contribution in [-0.4, -0.2) is 25.8 Å². The summed E-state index contributed by atoms with van der Waals surface area (Å²) in [6.07, 6.45) is 3.80. The third kappa shape index (κ3) is 11.6. The van der Waals surface area contributed by atoms with E-state index in [1.54, 1.807) is 6.92 Å². The van der Waals surface area contributed by atoms with Gasteiger partial charge in [0.1, 0.15) is 11.5 Å². The number of hydrogen-bond donors (Lipinski definition) is 0. The van der Waals surface area contributed by atoms with E-state index in [0.29, 0.717) is 25.4 Å². The van der Waals surface area contributed by atoms with E-state index in [0.717, 1.165) is 81.9 Å². The number of ether oxygens (including phenoxy) is 3. The van der Waals surface area contributed by atoms with Crippen molar-refractivity contribution < 1.29 is 19.0 Å². The molecule has 244 valence electrons. The Kier molecular flexibility index (Phi) is 13.6. The molecule has 0 amide bonds. The average molecular weight is 639 g/mol. The van der Waals surface area contributed by atoms with Gasteiger partial charge in [-0.1, -0.05) is 30.3 Å². The zero-order chi connectivity index (χ0) is 34.1. The number of unbranched alkanes of at least 4 members (excludes halogenated alkanes) is 3. The van der Waals surface area contributed by atoms with Crippen LogP contribution in [0.5, 0.6) is 11.5 Å². The summed E-state index contributed by atoms with van der Waals surface area (Å²) in [7, 11) is 0. The van der Waals surface area contributed by atoms with Crippen molar-refractivity contribution in [2.24, 2.45) is 10.2 Å². The maximum Gasteiger partial charge on any atom is 0.333 e. The van der Waals surface area contributed by atoms with Crippen LogP contribution in [-0.2, 0) is 9.53 Å². The molecule has 4 rings (SSSR count). The first-order chi connectivity index (χ1) is 23.3. The van der Waals surface area contributed by atoms with E-state index in [-0.39, 0.29) is 5.97 Å². The standard InChI is InChI=1S/C42H42N2O4/c1-6-46-39-24-20-38(21-25-39)43-44-41-26-17-36(30-33(41)5)12-11-35-14-19-37(32(4)29-35)18-13-34-15-22-40(23-16-34)47-27-9-7-8-10-28-48-42(45)31(2)3/h14-17,19-26,29-30H,2,6-10,27-28H2,1,3-5H3. The van der Waals surface area contributed by atoms with Crippen molar-refractivity contribution in [3.8, 4) is 35.2 Å². The van der Waals surface area contributed by atoms with Gasteiger partial charge in [0, 0.05) is 27.8 Å². The van der Waals surface area contributed by atoms with Crippen LogP contribution in [0.25, 0.3) is 0 Å². The molecule has 0 fully saturated rings. The highest BCUT2D eigenvalue weighted by Gasteiger charge is 2.03. The van der Waals surface area contributed by atoms with Crippen LogP contribution < -0.4 is 9.47 Å². The van der Waals surface area contributed by atoms with Gasteiger partial charge in [-0.15, -0.1) is 0 Å². The van der Waals surface area contributed by atoms with E-state index in [1.807, 2.05) is 92.7 Å². The first-order valence-corrected chi connectivity index (χ1v) is 16.3. The molecule has 48 heavy (non-hydrogen) atoms. The summed E-state index contributed by atoms with van der Waals surface area (Å²) in [6, 6.07) is 27.4. The van der Waals surface area contributed by atoms with Crippen LogP contribution in [0.3, 0.4) is 0 Å². The van der Waals surface area contributed by atoms with Crippen molar-refractivity contribution in [2.45, 2.75) is 53.4 Å². The third-order valence-electron chi connectivity index (χ3n) is 7.28. The Morgan fingerprint density at radius 3 is 1.90 bits per heavy atom. The maximum absolute atomic E-state index is 11.4. The average Bonchev–Trinajstić information content (AvgIpc) is 3.09. The predicted octanol–water partition coefficient (Wildman–Crippen LogP) is 9.98. The molecule has 0 saturated heterocycles. The van der Waals surface area contributed by atoms with E-state index in [9.17, 15) is 4.79 Å². The summed E-state index contributed by atoms with van der Waals surface area (Å²) in [4.78, 5) is 11.4. The fraction of sp³-hybridized carbons (Fsp3) is 0.262. The number of nitrogens with zero attached hydrogens (tertiary/aromatic N) is 2. The van der Waals surface area contributed by atoms with Crippen LogP contribution in [0.2, 0.25) is 0 Å². The van der Waals surface area contributed by atoms with E-state index in [4.69, 9.17) is 14.2 Å². The lowest BCUT2D eigenvalue weighted by atomic mass is 10.0. The van der Waals surface area contributed by atoms with E-state index in [2.05, 4.69) is 53.5 Å². The minimum atomic E-state index is -0.323. The highest BCUT2D eigenvalue weighted by Crippen LogP contribution is 2.24. The second-order valence-electron chi connectivity index (χ2n) is 11.4. The minimum absolute atomic E-state index is 0.323. The molecule has 6 heteroatoms. The first-order valence-electron chi connectivity index (χ1n) is 16.3. The number of hydrogen-bond acceptors (Lipinski definition) is 6. The smallest absolute Gasteiger partial charge is 0.333 e. The quantitative estimate of drug-likeness (QED) is 0.0481. The second-order valence-corrected chi connectivity index (χ2v) is 11.4. The topological polar surface area (TPSA) is 69.5 Å². The van der Waals surface area contributed by atoms with Crippen LogP contribution in [0.4, 0.5) is 11.4 Å². The Hall–Kier alpha value is -5.59. The van der Waals surface area contributed by atoms with Crippen molar-refractivity contribution in [3.05, 3.63) is 130 Å². The van der Waals surface area contributed by atoms with Gasteiger partial charge in [-0.25, -0.2) is 4.79 Å². The molecule has 0 N–H and O–H groups in total. The Morgan fingerprint density at radius 2 is 1.25 bits per heavy atom. The lowest BCUT2D eigenvalue weighted by molar-refractivity contribution is -0.139. The maximum atomic E-state index is 11.4. The summed E-state index contributed by atoms with van der Waals surface area (Å²) in [5.74, 6) is 14.4. The fourth-order valence-corrected chi connectivity index (χ4v) is 4.57. The number of esters is 1. The van der Waals surface area contributed by atoms with Crippen molar-refractivity contribution in [1.82, 2.24) is 0 Å². The Balaban J connectivity index is 1.24. The molecule has 0 aromatic heterocycles.